The van der Waals surface area contributed by atoms with Gasteiger partial charge in [-0.15, -0.1) is 0 Å². The molecule has 0 amide bonds. The van der Waals surface area contributed by atoms with Crippen molar-refractivity contribution in [3.8, 4) is 11.1 Å². The molecule has 0 saturated heterocycles. The van der Waals surface area contributed by atoms with Crippen molar-refractivity contribution in [3.05, 3.63) is 94.5 Å². The second kappa shape index (κ2) is 10.2. The number of aryl methyl sites for hydroxylation is 1. The third kappa shape index (κ3) is 5.42. The monoisotopic (exact) mass is 387 g/mol. The van der Waals surface area contributed by atoms with Crippen LogP contribution in [-0.2, 0) is 6.54 Å². The van der Waals surface area contributed by atoms with Gasteiger partial charge in [-0.05, 0) is 52.8 Å². The highest BCUT2D eigenvalue weighted by molar-refractivity contribution is 5.78. The van der Waals surface area contributed by atoms with Gasteiger partial charge < -0.3 is 15.5 Å². The number of aliphatic hydroxyl groups is 2. The summed E-state index contributed by atoms with van der Waals surface area (Å²) in [6, 6.07) is 22.9. The molecule has 150 valence electrons. The van der Waals surface area contributed by atoms with Crippen molar-refractivity contribution in [1.82, 2.24) is 5.32 Å². The Hall–Kier alpha value is -2.72. The van der Waals surface area contributed by atoms with E-state index in [-0.39, 0.29) is 19.3 Å². The first-order valence-corrected chi connectivity index (χ1v) is 10.00. The predicted molar refractivity (Wildman–Crippen MR) is 122 cm³/mol. The van der Waals surface area contributed by atoms with E-state index in [0.29, 0.717) is 6.54 Å². The first kappa shape index (κ1) is 21.0. The molecule has 0 unspecified atom stereocenters. The molecule has 3 heteroatoms. The molecule has 3 aromatic carbocycles. The Morgan fingerprint density at radius 3 is 2.28 bits per heavy atom. The Labute approximate surface area is 173 Å². The Balaban J connectivity index is 1.82. The van der Waals surface area contributed by atoms with E-state index in [2.05, 4.69) is 92.0 Å². The molecular formula is C26H29NO2. The molecule has 0 heterocycles. The number of nitrogens with one attached hydrogen (secondary N) is 1. The average Bonchev–Trinajstić information content (AvgIpc) is 2.76. The second-order valence-electron chi connectivity index (χ2n) is 7.35. The van der Waals surface area contributed by atoms with Crippen molar-refractivity contribution in [3.63, 3.8) is 0 Å². The van der Waals surface area contributed by atoms with Crippen LogP contribution in [-0.4, -0.2) is 29.5 Å². The molecule has 0 saturated carbocycles. The topological polar surface area (TPSA) is 52.5 Å². The molecule has 0 fully saturated rings. The molecule has 3 N–H and O–H groups in total. The number of hydrogen-bond donors (Lipinski definition) is 3. The Kier molecular flexibility index (Phi) is 7.36. The summed E-state index contributed by atoms with van der Waals surface area (Å²) in [5, 5.41) is 21.6. The van der Waals surface area contributed by atoms with Crippen molar-refractivity contribution >= 4 is 12.2 Å². The number of aliphatic hydroxyl groups excluding tert-OH is 2. The third-order valence-corrected chi connectivity index (χ3v) is 5.28. The zero-order valence-electron chi connectivity index (χ0n) is 17.1. The van der Waals surface area contributed by atoms with E-state index < -0.39 is 0 Å². The van der Waals surface area contributed by atoms with Crippen LogP contribution in [0.5, 0.6) is 0 Å². The van der Waals surface area contributed by atoms with E-state index in [0.717, 1.165) is 5.56 Å². The fourth-order valence-corrected chi connectivity index (χ4v) is 3.37. The van der Waals surface area contributed by atoms with Gasteiger partial charge in [-0.25, -0.2) is 0 Å². The Morgan fingerprint density at radius 2 is 1.55 bits per heavy atom. The molecule has 0 aromatic heterocycles. The summed E-state index contributed by atoms with van der Waals surface area (Å²) in [7, 11) is 0. The maximum Gasteiger partial charge on any atom is 0.0607 e. The van der Waals surface area contributed by atoms with Gasteiger partial charge in [0.25, 0.3) is 0 Å². The lowest BCUT2D eigenvalue weighted by atomic mass is 9.95. The van der Waals surface area contributed by atoms with Crippen LogP contribution in [0.15, 0.2) is 66.7 Å². The minimum atomic E-state index is -0.293. The smallest absolute Gasteiger partial charge is 0.0607 e. The minimum absolute atomic E-state index is 0.0772. The van der Waals surface area contributed by atoms with Gasteiger partial charge in [-0.3, -0.25) is 0 Å². The lowest BCUT2D eigenvalue weighted by molar-refractivity contribution is 0.170. The van der Waals surface area contributed by atoms with Crippen LogP contribution in [0, 0.1) is 13.8 Å². The normalized spacial score (nSPS) is 11.5. The molecule has 3 nitrogen and oxygen atoms in total. The van der Waals surface area contributed by atoms with Gasteiger partial charge in [-0.2, -0.15) is 0 Å². The van der Waals surface area contributed by atoms with Gasteiger partial charge in [0.2, 0.25) is 0 Å². The number of rotatable bonds is 8. The quantitative estimate of drug-likeness (QED) is 0.496. The maximum absolute atomic E-state index is 9.21. The number of benzene rings is 3. The van der Waals surface area contributed by atoms with Crippen LogP contribution in [0.3, 0.4) is 0 Å². The van der Waals surface area contributed by atoms with Crippen LogP contribution in [0.2, 0.25) is 0 Å². The molecule has 29 heavy (non-hydrogen) atoms. The molecular weight excluding hydrogens is 358 g/mol. The minimum Gasteiger partial charge on any atom is -0.395 e. The SMILES string of the molecule is Cc1ccc(CNC(CO)CO)cc1/C=C/c1cccc(-c2ccccc2)c1C. The van der Waals surface area contributed by atoms with Gasteiger partial charge in [0.15, 0.2) is 0 Å². The fraction of sp³-hybridized carbons (Fsp3) is 0.231. The second-order valence-corrected chi connectivity index (χ2v) is 7.35. The molecule has 0 radical (unpaired) electrons. The first-order valence-electron chi connectivity index (χ1n) is 10.00. The largest absolute Gasteiger partial charge is 0.395 e. The van der Waals surface area contributed by atoms with Gasteiger partial charge in [-0.1, -0.05) is 78.9 Å². The molecule has 3 rings (SSSR count). The summed E-state index contributed by atoms with van der Waals surface area (Å²) < 4.78 is 0. The van der Waals surface area contributed by atoms with E-state index in [1.807, 2.05) is 6.07 Å². The summed E-state index contributed by atoms with van der Waals surface area (Å²) in [6.07, 6.45) is 4.33. The van der Waals surface area contributed by atoms with Gasteiger partial charge in [0.1, 0.15) is 0 Å². The summed E-state index contributed by atoms with van der Waals surface area (Å²) in [4.78, 5) is 0. The first-order chi connectivity index (χ1) is 14.1. The fourth-order valence-electron chi connectivity index (χ4n) is 3.37. The maximum atomic E-state index is 9.21. The van der Waals surface area contributed by atoms with Crippen molar-refractivity contribution < 1.29 is 10.2 Å². The highest BCUT2D eigenvalue weighted by Gasteiger charge is 2.06. The molecule has 0 atom stereocenters. The molecule has 0 bridgehead atoms. The van der Waals surface area contributed by atoms with Gasteiger partial charge >= 0.3 is 0 Å². The van der Waals surface area contributed by atoms with E-state index in [9.17, 15) is 10.2 Å². The third-order valence-electron chi connectivity index (χ3n) is 5.28. The van der Waals surface area contributed by atoms with Crippen LogP contribution in [0.25, 0.3) is 23.3 Å². The molecule has 0 spiro atoms. The molecule has 0 aliphatic rings. The highest BCUT2D eigenvalue weighted by Crippen LogP contribution is 2.27. The summed E-state index contributed by atoms with van der Waals surface area (Å²) in [5.74, 6) is 0. The summed E-state index contributed by atoms with van der Waals surface area (Å²) in [5.41, 5.74) is 8.44. The van der Waals surface area contributed by atoms with Gasteiger partial charge in [0, 0.05) is 6.54 Å². The zero-order valence-corrected chi connectivity index (χ0v) is 17.1. The van der Waals surface area contributed by atoms with Crippen LogP contribution in [0.1, 0.15) is 27.8 Å². The highest BCUT2D eigenvalue weighted by atomic mass is 16.3. The van der Waals surface area contributed by atoms with Crippen LogP contribution < -0.4 is 5.32 Å². The molecule has 0 aliphatic carbocycles. The van der Waals surface area contributed by atoms with Crippen molar-refractivity contribution in [2.45, 2.75) is 26.4 Å². The van der Waals surface area contributed by atoms with Crippen LogP contribution in [0.4, 0.5) is 0 Å². The zero-order chi connectivity index (χ0) is 20.6. The van der Waals surface area contributed by atoms with E-state index in [1.54, 1.807) is 0 Å². The predicted octanol–water partition coefficient (Wildman–Crippen LogP) is 4.58. The Bertz CT molecular complexity index is 960. The Morgan fingerprint density at radius 1 is 0.828 bits per heavy atom. The van der Waals surface area contributed by atoms with Gasteiger partial charge in [0.05, 0.1) is 19.3 Å². The average molecular weight is 388 g/mol. The molecule has 0 aliphatic heterocycles. The van der Waals surface area contributed by atoms with E-state index in [4.69, 9.17) is 0 Å². The van der Waals surface area contributed by atoms with Crippen molar-refractivity contribution in [1.29, 1.82) is 0 Å². The van der Waals surface area contributed by atoms with Crippen LogP contribution >= 0.6 is 0 Å². The van der Waals surface area contributed by atoms with Crippen molar-refractivity contribution in [2.75, 3.05) is 13.2 Å². The van der Waals surface area contributed by atoms with Crippen molar-refractivity contribution in [2.24, 2.45) is 0 Å². The lowest BCUT2D eigenvalue weighted by Crippen LogP contribution is -2.35. The standard InChI is InChI=1S/C26H29NO2/c1-19-11-12-21(16-27-25(17-28)18-29)15-24(19)14-13-22-9-6-10-26(20(22)2)23-7-4-3-5-8-23/h3-15,25,27-29H,16-18H2,1-2H3/b14-13+. The number of hydrogen-bond acceptors (Lipinski definition) is 3. The van der Waals surface area contributed by atoms with E-state index in [1.165, 1.54) is 33.4 Å². The lowest BCUT2D eigenvalue weighted by Gasteiger charge is -2.14. The summed E-state index contributed by atoms with van der Waals surface area (Å²) in [6.45, 7) is 4.72. The summed E-state index contributed by atoms with van der Waals surface area (Å²) >= 11 is 0. The van der Waals surface area contributed by atoms with E-state index >= 15 is 0 Å². The molecule has 3 aromatic rings.